The van der Waals surface area contributed by atoms with E-state index in [0.717, 1.165) is 0 Å². The van der Waals surface area contributed by atoms with Crippen LogP contribution in [0.2, 0.25) is 0 Å². The number of benzene rings is 2. The van der Waals surface area contributed by atoms with E-state index in [1.54, 1.807) is 13.0 Å². The molecule has 0 aliphatic heterocycles. The minimum absolute atomic E-state index is 0.0646. The number of hydrogen-bond donors (Lipinski definition) is 2. The third kappa shape index (κ3) is 3.48. The lowest BCUT2D eigenvalue weighted by Crippen LogP contribution is -2.17. The highest BCUT2D eigenvalue weighted by atomic mass is 32.2. The average Bonchev–Trinajstić information content (AvgIpc) is 2.88. The Kier molecular flexibility index (Phi) is 4.56. The molecule has 0 fully saturated rings. The standard InChI is InChI=1S/C19H19N3O3S/c1-13-16(19(24)22(21-13)14-7-5-4-6-8-14)12-20-17-11-15(26(2,3)25)9-10-18(17)23/h4-12,21,23H,2H2,1,3H3. The first-order valence-corrected chi connectivity index (χ1v) is 9.97. The van der Waals surface area contributed by atoms with E-state index in [1.165, 1.54) is 29.3 Å². The highest BCUT2D eigenvalue weighted by molar-refractivity contribution is 7.99. The van der Waals surface area contributed by atoms with Gasteiger partial charge in [0, 0.05) is 23.1 Å². The van der Waals surface area contributed by atoms with Gasteiger partial charge in [-0.15, -0.1) is 0 Å². The van der Waals surface area contributed by atoms with Gasteiger partial charge in [0.15, 0.2) is 0 Å². The van der Waals surface area contributed by atoms with Gasteiger partial charge in [-0.2, -0.15) is 0 Å². The van der Waals surface area contributed by atoms with Gasteiger partial charge in [0.2, 0.25) is 0 Å². The number of aromatic nitrogens is 2. The third-order valence-electron chi connectivity index (χ3n) is 3.91. The van der Waals surface area contributed by atoms with Crippen LogP contribution in [0.25, 0.3) is 5.69 Å². The molecule has 0 aliphatic rings. The Morgan fingerprint density at radius 2 is 1.92 bits per heavy atom. The maximum Gasteiger partial charge on any atom is 0.280 e. The van der Waals surface area contributed by atoms with Crippen LogP contribution in [0, 0.1) is 6.92 Å². The second-order valence-electron chi connectivity index (χ2n) is 6.04. The van der Waals surface area contributed by atoms with Crippen LogP contribution in [0.15, 0.2) is 63.2 Å². The normalized spacial score (nSPS) is 13.8. The van der Waals surface area contributed by atoms with Crippen LogP contribution in [0.4, 0.5) is 5.69 Å². The number of phenolic OH excluding ortho intramolecular Hbond substituents is 1. The molecule has 7 heteroatoms. The first-order chi connectivity index (χ1) is 12.3. The first-order valence-electron chi connectivity index (χ1n) is 7.84. The second kappa shape index (κ2) is 6.68. The number of aromatic amines is 1. The van der Waals surface area contributed by atoms with Gasteiger partial charge in [-0.05, 0) is 52.6 Å². The molecule has 1 atom stereocenters. The number of hydrogen-bond acceptors (Lipinski definition) is 4. The van der Waals surface area contributed by atoms with Crippen molar-refractivity contribution < 1.29 is 9.32 Å². The smallest absolute Gasteiger partial charge is 0.280 e. The van der Waals surface area contributed by atoms with Crippen LogP contribution in [0.3, 0.4) is 0 Å². The SMILES string of the molecule is C=S(C)(=O)c1ccc(O)c(N=Cc2c(C)[nH]n(-c3ccccc3)c2=O)c1. The topological polar surface area (TPSA) is 87.4 Å². The Bertz CT molecular complexity index is 1140. The molecule has 3 rings (SSSR count). The molecule has 1 unspecified atom stereocenters. The summed E-state index contributed by atoms with van der Waals surface area (Å²) in [4.78, 5) is 17.3. The second-order valence-corrected chi connectivity index (χ2v) is 8.52. The van der Waals surface area contributed by atoms with Crippen molar-refractivity contribution >= 4 is 27.3 Å². The number of aryl methyl sites for hydroxylation is 1. The third-order valence-corrected chi connectivity index (χ3v) is 5.16. The average molecular weight is 369 g/mol. The number of nitrogens with zero attached hydrogens (tertiary/aromatic N) is 2. The minimum atomic E-state index is -2.43. The summed E-state index contributed by atoms with van der Waals surface area (Å²) in [6.45, 7) is 1.77. The molecule has 0 radical (unpaired) electrons. The fraction of sp³-hybridized carbons (Fsp3) is 0.105. The lowest BCUT2D eigenvalue weighted by atomic mass is 10.2. The number of rotatable bonds is 4. The van der Waals surface area contributed by atoms with Crippen molar-refractivity contribution in [2.24, 2.45) is 4.99 Å². The number of nitrogens with one attached hydrogen (secondary N) is 1. The molecule has 0 spiro atoms. The van der Waals surface area contributed by atoms with Gasteiger partial charge in [-0.25, -0.2) is 4.68 Å². The van der Waals surface area contributed by atoms with Crippen LogP contribution in [-0.2, 0) is 9.52 Å². The number of H-pyrrole nitrogens is 1. The Balaban J connectivity index is 2.03. The van der Waals surface area contributed by atoms with E-state index in [0.29, 0.717) is 21.8 Å². The Labute approximate surface area is 151 Å². The van der Waals surface area contributed by atoms with E-state index in [2.05, 4.69) is 16.0 Å². The fourth-order valence-electron chi connectivity index (χ4n) is 2.48. The minimum Gasteiger partial charge on any atom is -0.506 e. The van der Waals surface area contributed by atoms with E-state index in [-0.39, 0.29) is 17.0 Å². The van der Waals surface area contributed by atoms with E-state index in [4.69, 9.17) is 0 Å². The molecule has 2 N–H and O–H groups in total. The molecule has 0 saturated carbocycles. The summed E-state index contributed by atoms with van der Waals surface area (Å²) >= 11 is 0. The predicted octanol–water partition coefficient (Wildman–Crippen LogP) is 2.64. The molecule has 0 bridgehead atoms. The van der Waals surface area contributed by atoms with E-state index < -0.39 is 9.52 Å². The monoisotopic (exact) mass is 369 g/mol. The molecule has 2 aromatic carbocycles. The van der Waals surface area contributed by atoms with Crippen LogP contribution in [0.5, 0.6) is 5.75 Å². The van der Waals surface area contributed by atoms with Crippen LogP contribution < -0.4 is 5.56 Å². The molecule has 6 nitrogen and oxygen atoms in total. The van der Waals surface area contributed by atoms with Crippen molar-refractivity contribution in [2.75, 3.05) is 6.26 Å². The van der Waals surface area contributed by atoms with Gasteiger partial charge in [0.1, 0.15) is 11.4 Å². The summed E-state index contributed by atoms with van der Waals surface area (Å²) in [7, 11) is -2.43. The summed E-state index contributed by atoms with van der Waals surface area (Å²) in [5, 5.41) is 13.0. The van der Waals surface area contributed by atoms with Crippen molar-refractivity contribution in [3.05, 3.63) is 70.1 Å². The fourth-order valence-corrected chi connectivity index (χ4v) is 3.20. The number of phenols is 1. The van der Waals surface area contributed by atoms with Crippen molar-refractivity contribution in [1.82, 2.24) is 9.78 Å². The van der Waals surface area contributed by atoms with Gasteiger partial charge >= 0.3 is 0 Å². The van der Waals surface area contributed by atoms with Gasteiger partial charge in [0.05, 0.1) is 11.3 Å². The number of aliphatic imine (C=N–C) groups is 1. The highest BCUT2D eigenvalue weighted by Gasteiger charge is 2.11. The molecular weight excluding hydrogens is 350 g/mol. The zero-order valence-electron chi connectivity index (χ0n) is 14.5. The maximum absolute atomic E-state index is 12.6. The zero-order valence-corrected chi connectivity index (χ0v) is 15.3. The van der Waals surface area contributed by atoms with Crippen molar-refractivity contribution in [3.8, 4) is 11.4 Å². The molecule has 0 aliphatic carbocycles. The molecule has 0 amide bonds. The van der Waals surface area contributed by atoms with Gasteiger partial charge in [-0.3, -0.25) is 19.1 Å². The molecule has 134 valence electrons. The van der Waals surface area contributed by atoms with Crippen molar-refractivity contribution in [3.63, 3.8) is 0 Å². The molecular formula is C19H19N3O3S. The van der Waals surface area contributed by atoms with Crippen molar-refractivity contribution in [2.45, 2.75) is 11.8 Å². The van der Waals surface area contributed by atoms with Gasteiger partial charge < -0.3 is 5.11 Å². The summed E-state index contributed by atoms with van der Waals surface area (Å²) in [6, 6.07) is 13.7. The number of para-hydroxylation sites is 1. The Hall–Kier alpha value is -3.06. The Morgan fingerprint density at radius 3 is 2.58 bits per heavy atom. The van der Waals surface area contributed by atoms with Crippen LogP contribution in [-0.4, -0.2) is 37.4 Å². The molecule has 3 aromatic rings. The van der Waals surface area contributed by atoms with Crippen LogP contribution >= 0.6 is 0 Å². The van der Waals surface area contributed by atoms with Gasteiger partial charge in [-0.1, -0.05) is 18.2 Å². The largest absolute Gasteiger partial charge is 0.506 e. The summed E-state index contributed by atoms with van der Waals surface area (Å²) < 4.78 is 13.5. The zero-order chi connectivity index (χ0) is 18.9. The Morgan fingerprint density at radius 1 is 1.23 bits per heavy atom. The lowest BCUT2D eigenvalue weighted by molar-refractivity contribution is 0.476. The molecule has 0 saturated heterocycles. The molecule has 1 heterocycles. The highest BCUT2D eigenvalue weighted by Crippen LogP contribution is 2.29. The van der Waals surface area contributed by atoms with Gasteiger partial charge in [0.25, 0.3) is 5.56 Å². The predicted molar refractivity (Wildman–Crippen MR) is 106 cm³/mol. The van der Waals surface area contributed by atoms with Crippen LogP contribution in [0.1, 0.15) is 11.3 Å². The first kappa shape index (κ1) is 17.8. The summed E-state index contributed by atoms with van der Waals surface area (Å²) in [5.41, 5.74) is 1.73. The lowest BCUT2D eigenvalue weighted by Gasteiger charge is -2.05. The van der Waals surface area contributed by atoms with E-state index >= 15 is 0 Å². The summed E-state index contributed by atoms with van der Waals surface area (Å²) in [6.07, 6.45) is 2.91. The van der Waals surface area contributed by atoms with E-state index in [1.807, 2.05) is 30.3 Å². The number of aromatic hydroxyl groups is 1. The summed E-state index contributed by atoms with van der Waals surface area (Å²) in [5.74, 6) is 3.57. The maximum atomic E-state index is 12.6. The molecule has 1 aromatic heterocycles. The van der Waals surface area contributed by atoms with E-state index in [9.17, 15) is 14.1 Å². The molecule has 26 heavy (non-hydrogen) atoms. The quantitative estimate of drug-likeness (QED) is 0.547. The van der Waals surface area contributed by atoms with Crippen molar-refractivity contribution in [1.29, 1.82) is 0 Å².